The lowest BCUT2D eigenvalue weighted by Crippen LogP contribution is -2.15. The Hall–Kier alpha value is -2.62. The third-order valence-corrected chi connectivity index (χ3v) is 3.33. The van der Waals surface area contributed by atoms with Gasteiger partial charge in [-0.15, -0.1) is 0 Å². The summed E-state index contributed by atoms with van der Waals surface area (Å²) in [6.07, 6.45) is 0. The van der Waals surface area contributed by atoms with Crippen molar-refractivity contribution in [3.8, 4) is 0 Å². The lowest BCUT2D eigenvalue weighted by Gasteiger charge is -2.17. The SMILES string of the molecule is Cc1cc(N(C)C)cc(C(=O)O)c1C(=O)c1ccccc1. The summed E-state index contributed by atoms with van der Waals surface area (Å²) in [5.74, 6) is -1.36. The fourth-order valence-electron chi connectivity index (χ4n) is 2.23. The Morgan fingerprint density at radius 3 is 2.19 bits per heavy atom. The molecule has 0 heterocycles. The van der Waals surface area contributed by atoms with Crippen LogP contribution in [-0.2, 0) is 0 Å². The molecule has 0 atom stereocenters. The predicted molar refractivity (Wildman–Crippen MR) is 82.3 cm³/mol. The molecular formula is C17H17NO3. The van der Waals surface area contributed by atoms with Crippen molar-refractivity contribution >= 4 is 17.4 Å². The van der Waals surface area contributed by atoms with E-state index in [0.717, 1.165) is 5.69 Å². The molecule has 0 aliphatic rings. The first kappa shape index (κ1) is 14.8. The Morgan fingerprint density at radius 2 is 1.67 bits per heavy atom. The van der Waals surface area contributed by atoms with E-state index in [1.165, 1.54) is 6.07 Å². The number of anilines is 1. The molecule has 0 saturated carbocycles. The van der Waals surface area contributed by atoms with E-state index in [2.05, 4.69) is 0 Å². The van der Waals surface area contributed by atoms with E-state index in [-0.39, 0.29) is 16.9 Å². The third kappa shape index (κ3) is 2.94. The minimum absolute atomic E-state index is 0.0348. The molecule has 21 heavy (non-hydrogen) atoms. The number of benzene rings is 2. The molecule has 0 radical (unpaired) electrons. The molecule has 0 aliphatic heterocycles. The van der Waals surface area contributed by atoms with Crippen molar-refractivity contribution in [2.45, 2.75) is 6.92 Å². The summed E-state index contributed by atoms with van der Waals surface area (Å²) in [7, 11) is 3.66. The van der Waals surface area contributed by atoms with Crippen LogP contribution in [0.1, 0.15) is 31.8 Å². The van der Waals surface area contributed by atoms with Crippen molar-refractivity contribution in [3.63, 3.8) is 0 Å². The van der Waals surface area contributed by atoms with Crippen LogP contribution in [0.3, 0.4) is 0 Å². The number of carboxylic acids is 1. The molecule has 0 aromatic heterocycles. The van der Waals surface area contributed by atoms with Gasteiger partial charge in [-0.1, -0.05) is 30.3 Å². The van der Waals surface area contributed by atoms with Gasteiger partial charge in [0.1, 0.15) is 0 Å². The molecule has 0 aliphatic carbocycles. The molecular weight excluding hydrogens is 266 g/mol. The number of nitrogens with zero attached hydrogens (tertiary/aromatic N) is 1. The van der Waals surface area contributed by atoms with Crippen LogP contribution in [0.5, 0.6) is 0 Å². The van der Waals surface area contributed by atoms with E-state index >= 15 is 0 Å². The first-order chi connectivity index (χ1) is 9.91. The van der Waals surface area contributed by atoms with Gasteiger partial charge in [0.15, 0.2) is 5.78 Å². The Kier molecular flexibility index (Phi) is 4.08. The summed E-state index contributed by atoms with van der Waals surface area (Å²) in [5, 5.41) is 9.42. The summed E-state index contributed by atoms with van der Waals surface area (Å²) in [4.78, 5) is 25.9. The first-order valence-corrected chi connectivity index (χ1v) is 6.57. The van der Waals surface area contributed by atoms with Crippen molar-refractivity contribution in [3.05, 3.63) is 64.7 Å². The topological polar surface area (TPSA) is 57.6 Å². The van der Waals surface area contributed by atoms with E-state index in [4.69, 9.17) is 0 Å². The average Bonchev–Trinajstić information content (AvgIpc) is 2.46. The van der Waals surface area contributed by atoms with Crippen LogP contribution in [0.25, 0.3) is 0 Å². The smallest absolute Gasteiger partial charge is 0.336 e. The number of rotatable bonds is 4. The molecule has 2 rings (SSSR count). The van der Waals surface area contributed by atoms with Gasteiger partial charge in [-0.05, 0) is 24.6 Å². The van der Waals surface area contributed by atoms with Gasteiger partial charge in [0.25, 0.3) is 0 Å². The predicted octanol–water partition coefficient (Wildman–Crippen LogP) is 2.99. The Morgan fingerprint density at radius 1 is 1.05 bits per heavy atom. The molecule has 0 spiro atoms. The van der Waals surface area contributed by atoms with Crippen LogP contribution in [-0.4, -0.2) is 31.0 Å². The normalized spacial score (nSPS) is 10.2. The molecule has 2 aromatic carbocycles. The molecule has 4 nitrogen and oxygen atoms in total. The highest BCUT2D eigenvalue weighted by Gasteiger charge is 2.21. The van der Waals surface area contributed by atoms with Crippen LogP contribution in [0.2, 0.25) is 0 Å². The molecule has 0 fully saturated rings. The standard InChI is InChI=1S/C17H17NO3/c1-11-9-13(18(2)3)10-14(17(20)21)15(11)16(19)12-7-5-4-6-8-12/h4-10H,1-3H3,(H,20,21). The van der Waals surface area contributed by atoms with E-state index < -0.39 is 5.97 Å². The second kappa shape index (κ2) is 5.79. The van der Waals surface area contributed by atoms with Crippen molar-refractivity contribution in [2.75, 3.05) is 19.0 Å². The van der Waals surface area contributed by atoms with Crippen LogP contribution in [0.15, 0.2) is 42.5 Å². The Labute approximate surface area is 123 Å². The third-order valence-electron chi connectivity index (χ3n) is 3.33. The number of hydrogen-bond acceptors (Lipinski definition) is 3. The lowest BCUT2D eigenvalue weighted by molar-refractivity contribution is 0.0692. The van der Waals surface area contributed by atoms with Crippen LogP contribution < -0.4 is 4.90 Å². The number of aryl methyl sites for hydroxylation is 1. The van der Waals surface area contributed by atoms with E-state index in [0.29, 0.717) is 11.1 Å². The maximum atomic E-state index is 12.6. The number of hydrogen-bond donors (Lipinski definition) is 1. The minimum atomic E-state index is -1.10. The van der Waals surface area contributed by atoms with Crippen LogP contribution >= 0.6 is 0 Å². The largest absolute Gasteiger partial charge is 0.478 e. The van der Waals surface area contributed by atoms with Gasteiger partial charge < -0.3 is 10.0 Å². The van der Waals surface area contributed by atoms with E-state index in [9.17, 15) is 14.7 Å². The molecule has 0 bridgehead atoms. The number of ketones is 1. The van der Waals surface area contributed by atoms with Crippen LogP contribution in [0, 0.1) is 6.92 Å². The van der Waals surface area contributed by atoms with E-state index in [1.54, 1.807) is 31.2 Å². The Balaban J connectivity index is 2.63. The Bertz CT molecular complexity index is 691. The first-order valence-electron chi connectivity index (χ1n) is 6.57. The fourth-order valence-corrected chi connectivity index (χ4v) is 2.23. The lowest BCUT2D eigenvalue weighted by atomic mass is 9.93. The molecule has 1 N–H and O–H groups in total. The average molecular weight is 283 g/mol. The van der Waals surface area contributed by atoms with Gasteiger partial charge in [-0.25, -0.2) is 4.79 Å². The minimum Gasteiger partial charge on any atom is -0.478 e. The highest BCUT2D eigenvalue weighted by Crippen LogP contribution is 2.25. The summed E-state index contributed by atoms with van der Waals surface area (Å²) in [6.45, 7) is 1.76. The molecule has 2 aromatic rings. The van der Waals surface area contributed by atoms with Crippen molar-refractivity contribution in [1.82, 2.24) is 0 Å². The second-order valence-corrected chi connectivity index (χ2v) is 5.08. The molecule has 0 saturated heterocycles. The zero-order valence-corrected chi connectivity index (χ0v) is 12.3. The van der Waals surface area contributed by atoms with Crippen molar-refractivity contribution < 1.29 is 14.7 Å². The van der Waals surface area contributed by atoms with Crippen molar-refractivity contribution in [2.24, 2.45) is 0 Å². The highest BCUT2D eigenvalue weighted by atomic mass is 16.4. The number of carbonyl (C=O) groups excluding carboxylic acids is 1. The highest BCUT2D eigenvalue weighted by molar-refractivity contribution is 6.15. The zero-order valence-electron chi connectivity index (χ0n) is 12.3. The van der Waals surface area contributed by atoms with Gasteiger partial charge in [-0.2, -0.15) is 0 Å². The number of aromatic carboxylic acids is 1. The van der Waals surface area contributed by atoms with Gasteiger partial charge in [0.05, 0.1) is 5.56 Å². The maximum absolute atomic E-state index is 12.6. The number of carboxylic acid groups (broad SMARTS) is 1. The number of carbonyl (C=O) groups is 2. The second-order valence-electron chi connectivity index (χ2n) is 5.08. The molecule has 0 amide bonds. The molecule has 4 heteroatoms. The monoisotopic (exact) mass is 283 g/mol. The molecule has 0 unspecified atom stereocenters. The van der Waals surface area contributed by atoms with Gasteiger partial charge in [0, 0.05) is 30.9 Å². The van der Waals surface area contributed by atoms with Gasteiger partial charge in [-0.3, -0.25) is 4.79 Å². The molecule has 108 valence electrons. The van der Waals surface area contributed by atoms with Crippen molar-refractivity contribution in [1.29, 1.82) is 0 Å². The summed E-state index contributed by atoms with van der Waals surface area (Å²) >= 11 is 0. The fraction of sp³-hybridized carbons (Fsp3) is 0.176. The maximum Gasteiger partial charge on any atom is 0.336 e. The van der Waals surface area contributed by atoms with Gasteiger partial charge >= 0.3 is 5.97 Å². The van der Waals surface area contributed by atoms with Crippen LogP contribution in [0.4, 0.5) is 5.69 Å². The summed E-state index contributed by atoms with van der Waals surface area (Å²) in [6, 6.07) is 12.1. The zero-order chi connectivity index (χ0) is 15.6. The summed E-state index contributed by atoms with van der Waals surface area (Å²) in [5.41, 5.74) is 2.19. The quantitative estimate of drug-likeness (QED) is 0.876. The van der Waals surface area contributed by atoms with E-state index in [1.807, 2.05) is 31.1 Å². The summed E-state index contributed by atoms with van der Waals surface area (Å²) < 4.78 is 0. The van der Waals surface area contributed by atoms with Gasteiger partial charge in [0.2, 0.25) is 0 Å².